The Morgan fingerprint density at radius 2 is 1.89 bits per heavy atom. The molecule has 0 bridgehead atoms. The van der Waals surface area contributed by atoms with Gasteiger partial charge in [-0.3, -0.25) is 5.41 Å². The molecule has 0 spiro atoms. The molecule has 3 N–H and O–H groups in total. The van der Waals surface area contributed by atoms with E-state index in [2.05, 4.69) is 0 Å². The average molecular weight is 275 g/mol. The van der Waals surface area contributed by atoms with E-state index in [-0.39, 0.29) is 11.9 Å². The summed E-state index contributed by atoms with van der Waals surface area (Å²) in [7, 11) is 0. The first-order chi connectivity index (χ1) is 9.08. The predicted molar refractivity (Wildman–Crippen MR) is 78.0 cm³/mol. The van der Waals surface area contributed by atoms with Gasteiger partial charge >= 0.3 is 0 Å². The lowest BCUT2D eigenvalue weighted by Crippen LogP contribution is -2.14. The van der Waals surface area contributed by atoms with Crippen molar-refractivity contribution in [2.24, 2.45) is 5.73 Å². The Morgan fingerprint density at radius 1 is 1.21 bits per heavy atom. The Balaban J connectivity index is 2.28. The molecule has 0 aliphatic carbocycles. The molecule has 19 heavy (non-hydrogen) atoms. The van der Waals surface area contributed by atoms with Gasteiger partial charge in [0.2, 0.25) is 0 Å². The third-order valence-electron chi connectivity index (χ3n) is 2.81. The van der Waals surface area contributed by atoms with Gasteiger partial charge in [-0.25, -0.2) is 0 Å². The topological polar surface area (TPSA) is 59.1 Å². The van der Waals surface area contributed by atoms with E-state index in [1.807, 2.05) is 37.3 Å². The van der Waals surface area contributed by atoms with Gasteiger partial charge in [0, 0.05) is 5.02 Å². The summed E-state index contributed by atoms with van der Waals surface area (Å²) in [6.45, 7) is 1.94. The molecular weight excluding hydrogens is 260 g/mol. The molecule has 0 aromatic heterocycles. The smallest absolute Gasteiger partial charge is 0.132 e. The molecule has 2 aromatic carbocycles. The van der Waals surface area contributed by atoms with Crippen molar-refractivity contribution >= 4 is 17.4 Å². The fraction of sp³-hybridized carbons (Fsp3) is 0.133. The molecular formula is C15H15ClN2O. The van der Waals surface area contributed by atoms with Gasteiger partial charge in [0.05, 0.1) is 5.56 Å². The van der Waals surface area contributed by atoms with Crippen molar-refractivity contribution in [1.29, 1.82) is 5.41 Å². The Labute approximate surface area is 117 Å². The zero-order valence-corrected chi connectivity index (χ0v) is 11.3. The maximum atomic E-state index is 7.55. The summed E-state index contributed by atoms with van der Waals surface area (Å²) in [5.41, 5.74) is 7.14. The molecule has 3 nitrogen and oxygen atoms in total. The summed E-state index contributed by atoms with van der Waals surface area (Å²) < 4.78 is 5.87. The number of nitrogen functional groups attached to an aromatic ring is 1. The van der Waals surface area contributed by atoms with Gasteiger partial charge in [-0.05, 0) is 30.7 Å². The summed E-state index contributed by atoms with van der Waals surface area (Å²) in [6.07, 6.45) is -0.141. The number of nitrogens with one attached hydrogen (secondary N) is 1. The number of benzene rings is 2. The van der Waals surface area contributed by atoms with Gasteiger partial charge in [0.15, 0.2) is 0 Å². The Bertz CT molecular complexity index is 584. The molecule has 0 saturated heterocycles. The van der Waals surface area contributed by atoms with Gasteiger partial charge in [-0.2, -0.15) is 0 Å². The van der Waals surface area contributed by atoms with Crippen molar-refractivity contribution in [3.8, 4) is 5.75 Å². The van der Waals surface area contributed by atoms with Crippen molar-refractivity contribution in [3.05, 3.63) is 64.7 Å². The first-order valence-corrected chi connectivity index (χ1v) is 6.31. The summed E-state index contributed by atoms with van der Waals surface area (Å²) in [6, 6.07) is 14.9. The second-order valence-electron chi connectivity index (χ2n) is 4.22. The first-order valence-electron chi connectivity index (χ1n) is 5.93. The van der Waals surface area contributed by atoms with Crippen molar-refractivity contribution in [2.45, 2.75) is 13.0 Å². The van der Waals surface area contributed by atoms with Crippen molar-refractivity contribution in [2.75, 3.05) is 0 Å². The number of halogens is 1. The summed E-state index contributed by atoms with van der Waals surface area (Å²) in [5, 5.41) is 8.11. The predicted octanol–water partition coefficient (Wildman–Crippen LogP) is 3.76. The van der Waals surface area contributed by atoms with Crippen LogP contribution >= 0.6 is 11.6 Å². The zero-order chi connectivity index (χ0) is 13.8. The Hall–Kier alpha value is -2.00. The highest BCUT2D eigenvalue weighted by Crippen LogP contribution is 2.28. The number of nitrogens with two attached hydrogens (primary N) is 1. The summed E-state index contributed by atoms with van der Waals surface area (Å²) >= 11 is 5.96. The molecule has 98 valence electrons. The monoisotopic (exact) mass is 274 g/mol. The van der Waals surface area contributed by atoms with E-state index in [1.165, 1.54) is 0 Å². The molecule has 0 fully saturated rings. The molecule has 4 heteroatoms. The van der Waals surface area contributed by atoms with Gasteiger partial charge in [-0.15, -0.1) is 0 Å². The quantitative estimate of drug-likeness (QED) is 0.659. The van der Waals surface area contributed by atoms with Crippen LogP contribution in [0.15, 0.2) is 48.5 Å². The van der Waals surface area contributed by atoms with Crippen LogP contribution in [0.1, 0.15) is 24.2 Å². The standard InChI is InChI=1S/C15H15ClN2O/c1-10(11-5-3-2-4-6-11)19-14-9-12(16)7-8-13(14)15(17)18/h2-10H,1H3,(H3,17,18). The fourth-order valence-electron chi connectivity index (χ4n) is 1.80. The largest absolute Gasteiger partial charge is 0.485 e. The number of ether oxygens (including phenoxy) is 1. The average Bonchev–Trinajstić information content (AvgIpc) is 2.39. The van der Waals surface area contributed by atoms with E-state index in [0.717, 1.165) is 5.56 Å². The molecule has 0 heterocycles. The van der Waals surface area contributed by atoms with Crippen LogP contribution in [0.4, 0.5) is 0 Å². The highest BCUT2D eigenvalue weighted by Gasteiger charge is 2.12. The van der Waals surface area contributed by atoms with E-state index < -0.39 is 0 Å². The van der Waals surface area contributed by atoms with E-state index in [4.69, 9.17) is 27.5 Å². The molecule has 2 aromatic rings. The molecule has 1 atom stereocenters. The molecule has 0 radical (unpaired) electrons. The minimum Gasteiger partial charge on any atom is -0.485 e. The highest BCUT2D eigenvalue weighted by atomic mass is 35.5. The lowest BCUT2D eigenvalue weighted by atomic mass is 10.1. The second kappa shape index (κ2) is 5.76. The molecule has 0 aliphatic heterocycles. The second-order valence-corrected chi connectivity index (χ2v) is 4.66. The van der Waals surface area contributed by atoms with Crippen molar-refractivity contribution in [3.63, 3.8) is 0 Å². The van der Waals surface area contributed by atoms with Crippen LogP contribution in [0.25, 0.3) is 0 Å². The van der Waals surface area contributed by atoms with Crippen LogP contribution in [-0.2, 0) is 0 Å². The number of rotatable bonds is 4. The van der Waals surface area contributed by atoms with Crippen LogP contribution in [0.5, 0.6) is 5.75 Å². The first kappa shape index (κ1) is 13.4. The maximum Gasteiger partial charge on any atom is 0.132 e. The lowest BCUT2D eigenvalue weighted by molar-refractivity contribution is 0.226. The molecule has 1 unspecified atom stereocenters. The minimum atomic E-state index is -0.141. The van der Waals surface area contributed by atoms with Gasteiger partial charge in [-0.1, -0.05) is 41.9 Å². The number of hydrogen-bond donors (Lipinski definition) is 2. The van der Waals surface area contributed by atoms with E-state index in [1.54, 1.807) is 18.2 Å². The minimum absolute atomic E-state index is 0.0353. The van der Waals surface area contributed by atoms with Crippen LogP contribution < -0.4 is 10.5 Å². The van der Waals surface area contributed by atoms with Crippen LogP contribution in [-0.4, -0.2) is 5.84 Å². The SMILES string of the molecule is CC(Oc1cc(Cl)ccc1C(=N)N)c1ccccc1. The molecule has 0 aliphatic rings. The van der Waals surface area contributed by atoms with Gasteiger partial charge < -0.3 is 10.5 Å². The Morgan fingerprint density at radius 3 is 2.53 bits per heavy atom. The third kappa shape index (κ3) is 3.26. The fourth-order valence-corrected chi connectivity index (χ4v) is 1.96. The van der Waals surface area contributed by atoms with Gasteiger partial charge in [0.25, 0.3) is 0 Å². The van der Waals surface area contributed by atoms with Crippen molar-refractivity contribution in [1.82, 2.24) is 0 Å². The maximum absolute atomic E-state index is 7.55. The number of amidine groups is 1. The number of hydrogen-bond acceptors (Lipinski definition) is 2. The highest BCUT2D eigenvalue weighted by molar-refractivity contribution is 6.30. The summed E-state index contributed by atoms with van der Waals surface area (Å²) in [5.74, 6) is 0.489. The molecule has 2 rings (SSSR count). The lowest BCUT2D eigenvalue weighted by Gasteiger charge is -2.17. The summed E-state index contributed by atoms with van der Waals surface area (Å²) in [4.78, 5) is 0. The van der Waals surface area contributed by atoms with Crippen LogP contribution in [0.3, 0.4) is 0 Å². The zero-order valence-electron chi connectivity index (χ0n) is 10.6. The Kier molecular flexibility index (Phi) is 4.07. The van der Waals surface area contributed by atoms with Crippen LogP contribution in [0, 0.1) is 5.41 Å². The van der Waals surface area contributed by atoms with E-state index in [9.17, 15) is 0 Å². The van der Waals surface area contributed by atoms with Crippen molar-refractivity contribution < 1.29 is 4.74 Å². The van der Waals surface area contributed by atoms with E-state index in [0.29, 0.717) is 16.3 Å². The van der Waals surface area contributed by atoms with Gasteiger partial charge in [0.1, 0.15) is 17.7 Å². The van der Waals surface area contributed by atoms with Crippen LogP contribution in [0.2, 0.25) is 5.02 Å². The van der Waals surface area contributed by atoms with E-state index >= 15 is 0 Å². The third-order valence-corrected chi connectivity index (χ3v) is 3.04. The molecule has 0 amide bonds. The normalized spacial score (nSPS) is 11.9. The molecule has 0 saturated carbocycles.